The maximum atomic E-state index is 12.4. The first-order chi connectivity index (χ1) is 13.1. The first-order valence-electron chi connectivity index (χ1n) is 8.98. The fourth-order valence-electron chi connectivity index (χ4n) is 3.40. The first-order valence-corrected chi connectivity index (χ1v) is 8.98. The number of carbonyl (C=O) groups excluding carboxylic acids is 2. The Kier molecular flexibility index (Phi) is 6.17. The van der Waals surface area contributed by atoms with Gasteiger partial charge in [-0.25, -0.2) is 9.97 Å². The van der Waals surface area contributed by atoms with Gasteiger partial charge in [-0.1, -0.05) is 0 Å². The summed E-state index contributed by atoms with van der Waals surface area (Å²) < 4.78 is 8.90. The Hall–Kier alpha value is -2.75. The number of aromatic nitrogens is 5. The molecule has 10 nitrogen and oxygen atoms in total. The molecule has 0 radical (unpaired) electrons. The summed E-state index contributed by atoms with van der Waals surface area (Å²) in [6.07, 6.45) is 7.95. The van der Waals surface area contributed by atoms with Gasteiger partial charge in [0.25, 0.3) is 5.91 Å². The number of nitrogens with one attached hydrogen (secondary N) is 2. The van der Waals surface area contributed by atoms with Crippen molar-refractivity contribution in [2.75, 3.05) is 13.7 Å². The van der Waals surface area contributed by atoms with Gasteiger partial charge in [0.1, 0.15) is 18.3 Å². The van der Waals surface area contributed by atoms with Gasteiger partial charge in [-0.15, -0.1) is 0 Å². The summed E-state index contributed by atoms with van der Waals surface area (Å²) in [6.45, 7) is 1.08. The molecule has 0 aliphatic heterocycles. The molecule has 1 aliphatic carbocycles. The Morgan fingerprint density at radius 3 is 2.81 bits per heavy atom. The smallest absolute Gasteiger partial charge is 0.269 e. The lowest BCUT2D eigenvalue weighted by atomic mass is 9.83. The normalized spacial score (nSPS) is 22.4. The molecule has 3 atom stereocenters. The van der Waals surface area contributed by atoms with Crippen molar-refractivity contribution >= 4 is 11.8 Å². The molecule has 3 rings (SSSR count). The van der Waals surface area contributed by atoms with Gasteiger partial charge < -0.3 is 19.9 Å². The zero-order valence-corrected chi connectivity index (χ0v) is 15.5. The van der Waals surface area contributed by atoms with Gasteiger partial charge in [-0.2, -0.15) is 5.10 Å². The molecule has 146 valence electrons. The number of aryl methyl sites for hydroxylation is 1. The number of nitrogens with zero attached hydrogens (tertiary/aromatic N) is 5. The largest absolute Gasteiger partial charge is 0.379 e. The van der Waals surface area contributed by atoms with E-state index in [1.807, 2.05) is 0 Å². The Labute approximate surface area is 157 Å². The van der Waals surface area contributed by atoms with E-state index in [1.165, 1.54) is 12.5 Å². The second-order valence-corrected chi connectivity index (χ2v) is 6.70. The van der Waals surface area contributed by atoms with Crippen molar-refractivity contribution < 1.29 is 14.3 Å². The number of methoxy groups -OCH3 is 1. The van der Waals surface area contributed by atoms with Gasteiger partial charge in [0, 0.05) is 26.6 Å². The summed E-state index contributed by atoms with van der Waals surface area (Å²) >= 11 is 0. The second-order valence-electron chi connectivity index (χ2n) is 6.70. The van der Waals surface area contributed by atoms with Crippen LogP contribution in [0.15, 0.2) is 25.2 Å². The zero-order valence-electron chi connectivity index (χ0n) is 15.5. The lowest BCUT2D eigenvalue weighted by Gasteiger charge is -2.35. The molecule has 2 heterocycles. The Balaban J connectivity index is 1.49. The van der Waals surface area contributed by atoms with Crippen LogP contribution < -0.4 is 10.6 Å². The highest BCUT2D eigenvalue weighted by atomic mass is 16.5. The molecule has 2 aromatic heterocycles. The van der Waals surface area contributed by atoms with Crippen LogP contribution in [0.2, 0.25) is 0 Å². The number of carbonyl (C=O) groups is 2. The number of amides is 2. The van der Waals surface area contributed by atoms with Gasteiger partial charge in [-0.3, -0.25) is 14.3 Å². The molecule has 0 aromatic carbocycles. The van der Waals surface area contributed by atoms with Crippen molar-refractivity contribution in [3.63, 3.8) is 0 Å². The van der Waals surface area contributed by atoms with E-state index in [0.717, 1.165) is 0 Å². The molecule has 0 spiro atoms. The zero-order chi connectivity index (χ0) is 19.2. The molecule has 10 heteroatoms. The van der Waals surface area contributed by atoms with Crippen LogP contribution >= 0.6 is 0 Å². The summed E-state index contributed by atoms with van der Waals surface area (Å²) in [4.78, 5) is 32.7. The second kappa shape index (κ2) is 8.76. The van der Waals surface area contributed by atoms with Crippen LogP contribution in [-0.4, -0.2) is 61.9 Å². The average Bonchev–Trinajstić information content (AvgIpc) is 3.33. The molecule has 2 amide bonds. The first kappa shape index (κ1) is 19.0. The van der Waals surface area contributed by atoms with E-state index in [9.17, 15) is 9.59 Å². The number of hydrogen-bond acceptors (Lipinski definition) is 6. The van der Waals surface area contributed by atoms with E-state index in [4.69, 9.17) is 4.74 Å². The van der Waals surface area contributed by atoms with E-state index >= 15 is 0 Å². The molecule has 0 unspecified atom stereocenters. The van der Waals surface area contributed by atoms with Crippen molar-refractivity contribution in [2.24, 2.45) is 13.0 Å². The average molecular weight is 375 g/mol. The van der Waals surface area contributed by atoms with Crippen molar-refractivity contribution in [3.8, 4) is 0 Å². The van der Waals surface area contributed by atoms with Crippen LogP contribution in [0.3, 0.4) is 0 Å². The Morgan fingerprint density at radius 2 is 2.15 bits per heavy atom. The molecule has 1 fully saturated rings. The number of ether oxygens (including phenoxy) is 1. The maximum Gasteiger partial charge on any atom is 0.269 e. The summed E-state index contributed by atoms with van der Waals surface area (Å²) in [5, 5.41) is 9.95. The Bertz CT molecular complexity index is 758. The van der Waals surface area contributed by atoms with Crippen molar-refractivity contribution in [1.29, 1.82) is 0 Å². The summed E-state index contributed by atoms with van der Waals surface area (Å²) in [5.41, 5.74) is 0.498. The van der Waals surface area contributed by atoms with E-state index in [1.54, 1.807) is 36.1 Å². The third-order valence-electron chi connectivity index (χ3n) is 4.94. The molecule has 0 bridgehead atoms. The molecule has 1 aliphatic rings. The summed E-state index contributed by atoms with van der Waals surface area (Å²) in [7, 11) is 3.38. The summed E-state index contributed by atoms with van der Waals surface area (Å²) in [5.74, 6) is -0.304. The lowest BCUT2D eigenvalue weighted by molar-refractivity contribution is -0.128. The third-order valence-corrected chi connectivity index (χ3v) is 4.94. The molecular weight excluding hydrogens is 350 g/mol. The van der Waals surface area contributed by atoms with Gasteiger partial charge in [0.2, 0.25) is 5.91 Å². The lowest BCUT2D eigenvalue weighted by Crippen LogP contribution is -2.50. The minimum atomic E-state index is -0.206. The highest BCUT2D eigenvalue weighted by molar-refractivity contribution is 5.92. The van der Waals surface area contributed by atoms with Crippen LogP contribution in [0.25, 0.3) is 0 Å². The monoisotopic (exact) mass is 375 g/mol. The Morgan fingerprint density at radius 1 is 1.30 bits per heavy atom. The fraction of sp³-hybridized carbons (Fsp3) is 0.588. The van der Waals surface area contributed by atoms with E-state index < -0.39 is 0 Å². The van der Waals surface area contributed by atoms with Crippen LogP contribution in [0.4, 0.5) is 0 Å². The number of imidazole rings is 1. The number of rotatable bonds is 7. The molecule has 2 aromatic rings. The SMILES string of the molecule is CO[C@H]1C[C@@H](C(=O)NCCn2cncn2)CC[C@@H]1NC(=O)c1cncn1C. The van der Waals surface area contributed by atoms with E-state index in [2.05, 4.69) is 25.7 Å². The van der Waals surface area contributed by atoms with E-state index in [0.29, 0.717) is 38.0 Å². The van der Waals surface area contributed by atoms with Crippen molar-refractivity contribution in [2.45, 2.75) is 38.0 Å². The van der Waals surface area contributed by atoms with Gasteiger partial charge in [0.15, 0.2) is 0 Å². The van der Waals surface area contributed by atoms with Crippen LogP contribution in [-0.2, 0) is 23.1 Å². The van der Waals surface area contributed by atoms with Gasteiger partial charge in [-0.05, 0) is 19.3 Å². The van der Waals surface area contributed by atoms with Crippen molar-refractivity contribution in [3.05, 3.63) is 30.9 Å². The predicted molar refractivity (Wildman–Crippen MR) is 95.6 cm³/mol. The highest BCUT2D eigenvalue weighted by Gasteiger charge is 2.35. The molecule has 0 saturated heterocycles. The summed E-state index contributed by atoms with van der Waals surface area (Å²) in [6, 6.07) is -0.128. The maximum absolute atomic E-state index is 12.4. The van der Waals surface area contributed by atoms with Gasteiger partial charge in [0.05, 0.1) is 31.2 Å². The van der Waals surface area contributed by atoms with Crippen molar-refractivity contribution in [1.82, 2.24) is 34.9 Å². The molecule has 2 N–H and O–H groups in total. The topological polar surface area (TPSA) is 116 Å². The standard InChI is InChI=1S/C17H25N7O3/c1-23-10-18-8-14(23)17(26)22-13-4-3-12(7-15(13)27-2)16(25)20-5-6-24-11-19-9-21-24/h8-13,15H,3-7H2,1-2H3,(H,20,25)(H,22,26)/t12-,13-,15-/m0/s1. The van der Waals surface area contributed by atoms with E-state index in [-0.39, 0.29) is 29.9 Å². The quantitative estimate of drug-likeness (QED) is 0.689. The van der Waals surface area contributed by atoms with Gasteiger partial charge >= 0.3 is 0 Å². The third kappa shape index (κ3) is 4.70. The predicted octanol–water partition coefficient (Wildman–Crippen LogP) is -0.258. The number of hydrogen-bond donors (Lipinski definition) is 2. The molecule has 1 saturated carbocycles. The van der Waals surface area contributed by atoms with Crippen LogP contribution in [0.1, 0.15) is 29.8 Å². The minimum absolute atomic E-state index is 0.00794. The van der Waals surface area contributed by atoms with Crippen LogP contribution in [0.5, 0.6) is 0 Å². The molecule has 27 heavy (non-hydrogen) atoms. The highest BCUT2D eigenvalue weighted by Crippen LogP contribution is 2.27. The molecular formula is C17H25N7O3. The fourth-order valence-corrected chi connectivity index (χ4v) is 3.40. The van der Waals surface area contributed by atoms with Crippen LogP contribution in [0, 0.1) is 5.92 Å². The minimum Gasteiger partial charge on any atom is -0.379 e.